The Kier molecular flexibility index (Phi) is 5.10. The predicted molar refractivity (Wildman–Crippen MR) is 92.0 cm³/mol. The van der Waals surface area contributed by atoms with Gasteiger partial charge in [-0.05, 0) is 25.3 Å². The number of allylic oxidation sites excluding steroid dienone is 4. The van der Waals surface area contributed by atoms with Crippen molar-refractivity contribution >= 4 is 18.7 Å². The summed E-state index contributed by atoms with van der Waals surface area (Å²) in [7, 11) is -4.00. The number of carbonyl (C=O) groups is 1. The number of rotatable bonds is 5. The van der Waals surface area contributed by atoms with E-state index in [9.17, 15) is 14.3 Å². The minimum atomic E-state index is -4.00. The molecule has 0 amide bonds. The quantitative estimate of drug-likeness (QED) is 0.656. The average molecular weight is 334 g/mol. The smallest absolute Gasteiger partial charge is 0.321 e. The average Bonchev–Trinajstić information content (AvgIpc) is 2.45. The zero-order valence-corrected chi connectivity index (χ0v) is 14.8. The van der Waals surface area contributed by atoms with Gasteiger partial charge in [-0.15, -0.1) is 0 Å². The van der Waals surface area contributed by atoms with Crippen LogP contribution in [0.4, 0.5) is 0 Å². The summed E-state index contributed by atoms with van der Waals surface area (Å²) < 4.78 is 17.4. The van der Waals surface area contributed by atoms with Crippen molar-refractivity contribution in [2.75, 3.05) is 6.61 Å². The van der Waals surface area contributed by atoms with Gasteiger partial charge in [0.1, 0.15) is 0 Å². The summed E-state index contributed by atoms with van der Waals surface area (Å²) in [6.45, 7) is 7.73. The summed E-state index contributed by atoms with van der Waals surface area (Å²) in [4.78, 5) is 23.2. The second kappa shape index (κ2) is 6.56. The summed E-state index contributed by atoms with van der Waals surface area (Å²) in [5.41, 5.74) is 1.01. The summed E-state index contributed by atoms with van der Waals surface area (Å²) in [6.07, 6.45) is 5.84. The molecule has 124 valence electrons. The summed E-state index contributed by atoms with van der Waals surface area (Å²) >= 11 is 0. The summed E-state index contributed by atoms with van der Waals surface area (Å²) in [6, 6.07) is 6.42. The lowest BCUT2D eigenvalue weighted by molar-refractivity contribution is 0.0887. The van der Waals surface area contributed by atoms with Crippen molar-refractivity contribution in [2.24, 2.45) is 11.3 Å². The maximum atomic E-state index is 13.0. The third kappa shape index (κ3) is 3.72. The Balaban J connectivity index is 2.46. The molecule has 1 aliphatic carbocycles. The van der Waals surface area contributed by atoms with Crippen LogP contribution >= 0.6 is 7.60 Å². The van der Waals surface area contributed by atoms with Crippen LogP contribution in [0.1, 0.15) is 38.1 Å². The number of Topliss-reactive ketones (excluding diaryl/α,β-unsaturated/α-hetero) is 1. The van der Waals surface area contributed by atoms with E-state index in [4.69, 9.17) is 4.52 Å². The Morgan fingerprint density at radius 1 is 1.35 bits per heavy atom. The number of hydrogen-bond acceptors (Lipinski definition) is 3. The zero-order chi connectivity index (χ0) is 17.3. The topological polar surface area (TPSA) is 63.6 Å². The molecule has 5 heteroatoms. The minimum absolute atomic E-state index is 0.0716. The maximum Gasteiger partial charge on any atom is 0.359 e. The second-order valence-corrected chi connectivity index (χ2v) is 8.15. The van der Waals surface area contributed by atoms with E-state index in [2.05, 4.69) is 6.08 Å². The van der Waals surface area contributed by atoms with Gasteiger partial charge in [-0.25, -0.2) is 0 Å². The van der Waals surface area contributed by atoms with Gasteiger partial charge in [-0.2, -0.15) is 0 Å². The van der Waals surface area contributed by atoms with Crippen LogP contribution < -0.4 is 5.30 Å². The van der Waals surface area contributed by atoms with E-state index in [-0.39, 0.29) is 34.6 Å². The van der Waals surface area contributed by atoms with E-state index in [1.54, 1.807) is 25.1 Å². The van der Waals surface area contributed by atoms with Crippen molar-refractivity contribution in [2.45, 2.75) is 27.7 Å². The lowest BCUT2D eigenvalue weighted by Gasteiger charge is -2.32. The van der Waals surface area contributed by atoms with Crippen molar-refractivity contribution in [3.63, 3.8) is 0 Å². The molecule has 0 bridgehead atoms. The Morgan fingerprint density at radius 3 is 2.61 bits per heavy atom. The molecule has 4 nitrogen and oxygen atoms in total. The van der Waals surface area contributed by atoms with Crippen LogP contribution in [0.25, 0.3) is 0 Å². The van der Waals surface area contributed by atoms with E-state index >= 15 is 0 Å². The molecule has 2 unspecified atom stereocenters. The Labute approximate surface area is 137 Å². The van der Waals surface area contributed by atoms with E-state index in [1.807, 2.05) is 32.9 Å². The van der Waals surface area contributed by atoms with Gasteiger partial charge >= 0.3 is 7.60 Å². The van der Waals surface area contributed by atoms with Crippen molar-refractivity contribution in [1.82, 2.24) is 0 Å². The minimum Gasteiger partial charge on any atom is -0.321 e. The first-order valence-corrected chi connectivity index (χ1v) is 9.25. The van der Waals surface area contributed by atoms with E-state index in [0.717, 1.165) is 5.57 Å². The Morgan fingerprint density at radius 2 is 2.00 bits per heavy atom. The van der Waals surface area contributed by atoms with Gasteiger partial charge in [0.05, 0.1) is 11.9 Å². The molecule has 1 N–H and O–H groups in total. The van der Waals surface area contributed by atoms with Gasteiger partial charge in [0, 0.05) is 11.5 Å². The molecule has 2 rings (SSSR count). The highest BCUT2D eigenvalue weighted by molar-refractivity contribution is 7.61. The molecule has 0 fully saturated rings. The standard InChI is InChI=1S/C18H23O4P/c1-5-22-23(20,21)16-9-7-6-8-14(16)17(19)15-11-10-13(2)12-18(15,3)4/h6-12,15H,5H2,1-4H3,(H,20,21). The van der Waals surface area contributed by atoms with Crippen LogP contribution in [-0.4, -0.2) is 17.3 Å². The molecule has 0 spiro atoms. The molecular formula is C18H23O4P. The van der Waals surface area contributed by atoms with Crippen LogP contribution in [0.5, 0.6) is 0 Å². The van der Waals surface area contributed by atoms with Crippen molar-refractivity contribution in [3.8, 4) is 0 Å². The zero-order valence-electron chi connectivity index (χ0n) is 13.9. The molecule has 1 aliphatic rings. The highest BCUT2D eigenvalue weighted by Crippen LogP contribution is 2.43. The molecule has 1 aromatic rings. The van der Waals surface area contributed by atoms with Crippen molar-refractivity contribution in [3.05, 3.63) is 53.6 Å². The van der Waals surface area contributed by atoms with Crippen molar-refractivity contribution < 1.29 is 18.8 Å². The van der Waals surface area contributed by atoms with Crippen LogP contribution in [0.2, 0.25) is 0 Å². The Hall–Kier alpha value is -1.48. The molecule has 0 radical (unpaired) electrons. The second-order valence-electron chi connectivity index (χ2n) is 6.37. The fraction of sp³-hybridized carbons (Fsp3) is 0.389. The van der Waals surface area contributed by atoms with E-state index in [1.165, 1.54) is 6.07 Å². The molecule has 23 heavy (non-hydrogen) atoms. The lowest BCUT2D eigenvalue weighted by atomic mass is 9.71. The molecule has 1 aromatic carbocycles. The third-order valence-electron chi connectivity index (χ3n) is 4.01. The first-order chi connectivity index (χ1) is 10.7. The first kappa shape index (κ1) is 17.9. The number of benzene rings is 1. The molecule has 2 atom stereocenters. The van der Waals surface area contributed by atoms with Gasteiger partial charge < -0.3 is 9.42 Å². The molecule has 0 saturated carbocycles. The summed E-state index contributed by atoms with van der Waals surface area (Å²) in [5.74, 6) is -0.548. The van der Waals surface area contributed by atoms with Gasteiger partial charge in [0.15, 0.2) is 5.78 Å². The van der Waals surface area contributed by atoms with E-state index < -0.39 is 7.60 Å². The van der Waals surface area contributed by atoms with Crippen LogP contribution in [-0.2, 0) is 9.09 Å². The van der Waals surface area contributed by atoms with Gasteiger partial charge in [-0.3, -0.25) is 9.36 Å². The summed E-state index contributed by atoms with van der Waals surface area (Å²) in [5, 5.41) is 0.0716. The third-order valence-corrected chi connectivity index (χ3v) is 5.62. The van der Waals surface area contributed by atoms with E-state index in [0.29, 0.717) is 0 Å². The highest BCUT2D eigenvalue weighted by Gasteiger charge is 2.37. The van der Waals surface area contributed by atoms with Crippen LogP contribution in [0.15, 0.2) is 48.1 Å². The van der Waals surface area contributed by atoms with Gasteiger partial charge in [-0.1, -0.05) is 55.8 Å². The molecular weight excluding hydrogens is 311 g/mol. The van der Waals surface area contributed by atoms with Gasteiger partial charge in [0.25, 0.3) is 0 Å². The van der Waals surface area contributed by atoms with Crippen LogP contribution in [0, 0.1) is 11.3 Å². The maximum absolute atomic E-state index is 13.0. The number of hydrogen-bond donors (Lipinski definition) is 1. The fourth-order valence-electron chi connectivity index (χ4n) is 2.99. The lowest BCUT2D eigenvalue weighted by Crippen LogP contribution is -2.32. The largest absolute Gasteiger partial charge is 0.359 e. The Bertz CT molecular complexity index is 715. The normalized spacial score (nSPS) is 22.3. The first-order valence-electron chi connectivity index (χ1n) is 7.68. The number of ketones is 1. The highest BCUT2D eigenvalue weighted by atomic mass is 31.2. The van der Waals surface area contributed by atoms with Gasteiger partial charge in [0.2, 0.25) is 0 Å². The number of carbonyl (C=O) groups excluding carboxylic acids is 1. The monoisotopic (exact) mass is 334 g/mol. The molecule has 0 aliphatic heterocycles. The van der Waals surface area contributed by atoms with Crippen molar-refractivity contribution in [1.29, 1.82) is 0 Å². The molecule has 0 saturated heterocycles. The SMILES string of the molecule is CCOP(=O)(O)c1ccccc1C(=O)C1C=CC(C)=CC1(C)C. The fourth-order valence-corrected chi connectivity index (χ4v) is 4.24. The predicted octanol–water partition coefficient (Wildman–Crippen LogP) is 3.88. The molecule has 0 aromatic heterocycles. The molecule has 0 heterocycles. The van der Waals surface area contributed by atoms with Crippen LogP contribution in [0.3, 0.4) is 0 Å².